The fraction of sp³-hybridized carbons (Fsp3) is 0.600. The molecule has 0 amide bonds. The summed E-state index contributed by atoms with van der Waals surface area (Å²) in [7, 11) is 0. The molecule has 0 spiro atoms. The van der Waals surface area contributed by atoms with Crippen molar-refractivity contribution in [2.45, 2.75) is 51.0 Å². The van der Waals surface area contributed by atoms with Gasteiger partial charge >= 0.3 is 0 Å². The van der Waals surface area contributed by atoms with Crippen LogP contribution in [0, 0.1) is 5.92 Å². The molecule has 17 heavy (non-hydrogen) atoms. The molecule has 1 aliphatic carbocycles. The molecule has 2 N–H and O–H groups in total. The van der Waals surface area contributed by atoms with E-state index >= 15 is 0 Å². The lowest BCUT2D eigenvalue weighted by atomic mass is 9.90. The van der Waals surface area contributed by atoms with Crippen LogP contribution in [-0.4, -0.2) is 0 Å². The molecular weight excluding hydrogens is 230 g/mol. The minimum Gasteiger partial charge on any atom is -0.324 e. The Hall–Kier alpha value is -0.530. The predicted octanol–water partition coefficient (Wildman–Crippen LogP) is 4.70. The summed E-state index contributed by atoms with van der Waals surface area (Å²) in [5.41, 5.74) is 7.40. The van der Waals surface area contributed by atoms with E-state index in [0.717, 1.165) is 22.9 Å². The van der Waals surface area contributed by atoms with E-state index in [-0.39, 0.29) is 6.04 Å². The average molecular weight is 252 g/mol. The van der Waals surface area contributed by atoms with Crippen LogP contribution in [-0.2, 0) is 0 Å². The lowest BCUT2D eigenvalue weighted by molar-refractivity contribution is 0.393. The van der Waals surface area contributed by atoms with Crippen LogP contribution in [0.15, 0.2) is 24.3 Å². The van der Waals surface area contributed by atoms with Gasteiger partial charge in [0.15, 0.2) is 0 Å². The topological polar surface area (TPSA) is 26.0 Å². The minimum atomic E-state index is 0.104. The highest BCUT2D eigenvalue weighted by Gasteiger charge is 2.18. The van der Waals surface area contributed by atoms with Crippen LogP contribution in [0.4, 0.5) is 0 Å². The molecule has 1 unspecified atom stereocenters. The molecule has 1 nitrogen and oxygen atoms in total. The van der Waals surface area contributed by atoms with Gasteiger partial charge in [-0.25, -0.2) is 0 Å². The van der Waals surface area contributed by atoms with Crippen molar-refractivity contribution in [2.24, 2.45) is 11.7 Å². The van der Waals surface area contributed by atoms with Crippen LogP contribution in [0.3, 0.4) is 0 Å². The summed E-state index contributed by atoms with van der Waals surface area (Å²) < 4.78 is 0. The summed E-state index contributed by atoms with van der Waals surface area (Å²) in [4.78, 5) is 0. The lowest BCUT2D eigenvalue weighted by Gasteiger charge is -2.20. The Labute approximate surface area is 109 Å². The molecule has 1 atom stereocenters. The molecular formula is C15H22ClN. The van der Waals surface area contributed by atoms with Crippen LogP contribution in [0.5, 0.6) is 0 Å². The van der Waals surface area contributed by atoms with E-state index in [1.807, 2.05) is 18.2 Å². The van der Waals surface area contributed by atoms with Crippen LogP contribution in [0.25, 0.3) is 0 Å². The molecule has 1 saturated carbocycles. The van der Waals surface area contributed by atoms with Crippen molar-refractivity contribution in [3.8, 4) is 0 Å². The summed E-state index contributed by atoms with van der Waals surface area (Å²) in [5.74, 6) is 0.795. The zero-order valence-electron chi connectivity index (χ0n) is 10.4. The quantitative estimate of drug-likeness (QED) is 0.775. The Kier molecular flexibility index (Phi) is 4.87. The van der Waals surface area contributed by atoms with E-state index in [9.17, 15) is 0 Å². The van der Waals surface area contributed by atoms with Gasteiger partial charge in [-0.05, 0) is 24.0 Å². The first-order valence-corrected chi connectivity index (χ1v) is 7.15. The number of nitrogens with two attached hydrogens (primary N) is 1. The predicted molar refractivity (Wildman–Crippen MR) is 74.2 cm³/mol. The van der Waals surface area contributed by atoms with Gasteiger partial charge in [-0.15, -0.1) is 0 Å². The zero-order chi connectivity index (χ0) is 12.1. The maximum atomic E-state index is 6.29. The molecule has 0 radical (unpaired) electrons. The van der Waals surface area contributed by atoms with E-state index in [2.05, 4.69) is 6.07 Å². The van der Waals surface area contributed by atoms with Gasteiger partial charge in [-0.2, -0.15) is 0 Å². The fourth-order valence-electron chi connectivity index (χ4n) is 2.86. The highest BCUT2D eigenvalue weighted by atomic mass is 35.5. The van der Waals surface area contributed by atoms with Gasteiger partial charge in [-0.3, -0.25) is 0 Å². The van der Waals surface area contributed by atoms with Crippen molar-refractivity contribution in [2.75, 3.05) is 0 Å². The van der Waals surface area contributed by atoms with Crippen molar-refractivity contribution >= 4 is 11.6 Å². The molecule has 0 saturated heterocycles. The second kappa shape index (κ2) is 6.42. The molecule has 0 aliphatic heterocycles. The summed E-state index contributed by atoms with van der Waals surface area (Å²) in [5, 5.41) is 0.814. The molecule has 0 heterocycles. The van der Waals surface area contributed by atoms with Crippen LogP contribution < -0.4 is 5.73 Å². The average Bonchev–Trinajstić information content (AvgIpc) is 2.58. The van der Waals surface area contributed by atoms with Crippen molar-refractivity contribution in [1.82, 2.24) is 0 Å². The van der Waals surface area contributed by atoms with E-state index in [0.29, 0.717) is 0 Å². The number of hydrogen-bond acceptors (Lipinski definition) is 1. The number of hydrogen-bond donors (Lipinski definition) is 1. The molecule has 94 valence electrons. The summed E-state index contributed by atoms with van der Waals surface area (Å²) in [6.07, 6.45) is 9.33. The first-order valence-electron chi connectivity index (χ1n) is 6.77. The van der Waals surface area contributed by atoms with Crippen LogP contribution in [0.2, 0.25) is 5.02 Å². The third-order valence-electron chi connectivity index (χ3n) is 3.87. The molecule has 1 fully saturated rings. The molecule has 1 aromatic rings. The second-order valence-corrected chi connectivity index (χ2v) is 5.63. The van der Waals surface area contributed by atoms with Gasteiger partial charge < -0.3 is 5.73 Å². The lowest BCUT2D eigenvalue weighted by Crippen LogP contribution is -2.15. The molecule has 0 bridgehead atoms. The van der Waals surface area contributed by atoms with Gasteiger partial charge in [-0.1, -0.05) is 68.3 Å². The van der Waals surface area contributed by atoms with Crippen LogP contribution >= 0.6 is 11.6 Å². The Balaban J connectivity index is 1.96. The Morgan fingerprint density at radius 2 is 1.76 bits per heavy atom. The van der Waals surface area contributed by atoms with Gasteiger partial charge in [0.2, 0.25) is 0 Å². The number of benzene rings is 1. The normalized spacial score (nSPS) is 19.9. The molecule has 1 aliphatic rings. The zero-order valence-corrected chi connectivity index (χ0v) is 11.1. The molecule has 2 heteroatoms. The smallest absolute Gasteiger partial charge is 0.0453 e. The molecule has 0 aromatic heterocycles. The van der Waals surface area contributed by atoms with E-state index in [4.69, 9.17) is 17.3 Å². The highest BCUT2D eigenvalue weighted by molar-refractivity contribution is 6.31. The van der Waals surface area contributed by atoms with Gasteiger partial charge in [0.25, 0.3) is 0 Å². The Morgan fingerprint density at radius 3 is 2.41 bits per heavy atom. The number of rotatable bonds is 3. The molecule has 1 aromatic carbocycles. The third-order valence-corrected chi connectivity index (χ3v) is 4.21. The van der Waals surface area contributed by atoms with Crippen molar-refractivity contribution in [1.29, 1.82) is 0 Å². The van der Waals surface area contributed by atoms with E-state index in [1.54, 1.807) is 0 Å². The maximum Gasteiger partial charge on any atom is 0.0453 e. The van der Waals surface area contributed by atoms with Gasteiger partial charge in [0, 0.05) is 11.1 Å². The molecule has 2 rings (SSSR count). The SMILES string of the molecule is NC(CC1CCCCCC1)c1ccccc1Cl. The van der Waals surface area contributed by atoms with E-state index < -0.39 is 0 Å². The Morgan fingerprint density at radius 1 is 1.12 bits per heavy atom. The highest BCUT2D eigenvalue weighted by Crippen LogP contribution is 2.32. The van der Waals surface area contributed by atoms with Gasteiger partial charge in [0.1, 0.15) is 0 Å². The van der Waals surface area contributed by atoms with Crippen molar-refractivity contribution in [3.63, 3.8) is 0 Å². The first-order chi connectivity index (χ1) is 8.27. The monoisotopic (exact) mass is 251 g/mol. The Bertz CT molecular complexity index is 343. The summed E-state index contributed by atoms with van der Waals surface area (Å²) in [6.45, 7) is 0. The standard InChI is InChI=1S/C15H22ClN/c16-14-10-6-5-9-13(14)15(17)11-12-7-3-1-2-4-8-12/h5-6,9-10,12,15H,1-4,7-8,11,17H2. The third kappa shape index (κ3) is 3.72. The van der Waals surface area contributed by atoms with E-state index in [1.165, 1.54) is 38.5 Å². The first kappa shape index (κ1) is 12.9. The summed E-state index contributed by atoms with van der Waals surface area (Å²) in [6, 6.07) is 8.08. The summed E-state index contributed by atoms with van der Waals surface area (Å²) >= 11 is 6.19. The minimum absolute atomic E-state index is 0.104. The fourth-order valence-corrected chi connectivity index (χ4v) is 3.14. The van der Waals surface area contributed by atoms with Gasteiger partial charge in [0.05, 0.1) is 0 Å². The van der Waals surface area contributed by atoms with Crippen LogP contribution in [0.1, 0.15) is 56.6 Å². The maximum absolute atomic E-state index is 6.29. The second-order valence-electron chi connectivity index (χ2n) is 5.22. The van der Waals surface area contributed by atoms with Crippen molar-refractivity contribution < 1.29 is 0 Å². The number of halogens is 1. The van der Waals surface area contributed by atoms with Crippen molar-refractivity contribution in [3.05, 3.63) is 34.9 Å². The largest absolute Gasteiger partial charge is 0.324 e.